The van der Waals surface area contributed by atoms with Gasteiger partial charge in [0.1, 0.15) is 11.1 Å². The summed E-state index contributed by atoms with van der Waals surface area (Å²) in [4.78, 5) is 7.00. The molecule has 0 spiro atoms. The maximum absolute atomic E-state index is 5.89. The van der Waals surface area contributed by atoms with Gasteiger partial charge >= 0.3 is 0 Å². The molecule has 0 aliphatic carbocycles. The Balaban J connectivity index is 1.47. The Morgan fingerprint density at radius 3 is 3.27 bits per heavy atom. The fourth-order valence-electron chi connectivity index (χ4n) is 2.86. The number of nitrogens with zero attached hydrogens (tertiary/aromatic N) is 3. The zero-order chi connectivity index (χ0) is 14.9. The number of thiazole rings is 1. The third-order valence-electron chi connectivity index (χ3n) is 3.98. The molecule has 0 saturated carbocycles. The van der Waals surface area contributed by atoms with Crippen molar-refractivity contribution in [3.05, 3.63) is 46.0 Å². The number of morpholine rings is 1. The molecule has 3 heterocycles. The second-order valence-corrected chi connectivity index (χ2v) is 6.60. The molecule has 1 saturated heterocycles. The topological polar surface area (TPSA) is 54.0 Å². The Hall–Kier alpha value is -1.76. The lowest BCUT2D eigenvalue weighted by atomic mass is 10.1. The average Bonchev–Trinajstić information content (AvgIpc) is 3.16. The Labute approximate surface area is 132 Å². The van der Waals surface area contributed by atoms with Crippen LogP contribution in [0.4, 0.5) is 0 Å². The fraction of sp³-hybridized carbons (Fsp3) is 0.375. The summed E-state index contributed by atoms with van der Waals surface area (Å²) in [5.41, 5.74) is 3.47. The summed E-state index contributed by atoms with van der Waals surface area (Å²) < 4.78 is 5.89. The molecule has 0 unspecified atom stereocenters. The summed E-state index contributed by atoms with van der Waals surface area (Å²) in [6.07, 6.45) is 1.96. The van der Waals surface area contributed by atoms with Crippen molar-refractivity contribution in [2.75, 3.05) is 19.7 Å². The molecule has 6 heteroatoms. The zero-order valence-electron chi connectivity index (χ0n) is 12.5. The third-order valence-corrected chi connectivity index (χ3v) is 5.03. The Bertz CT molecular complexity index is 781. The van der Waals surface area contributed by atoms with Crippen LogP contribution in [0.15, 0.2) is 29.8 Å². The first-order valence-electron chi connectivity index (χ1n) is 7.46. The van der Waals surface area contributed by atoms with Gasteiger partial charge in [0.2, 0.25) is 0 Å². The minimum atomic E-state index is 0.100. The fourth-order valence-corrected chi connectivity index (χ4v) is 3.69. The minimum Gasteiger partial charge on any atom is -0.368 e. The molecule has 3 aromatic rings. The minimum absolute atomic E-state index is 0.100. The predicted molar refractivity (Wildman–Crippen MR) is 86.9 cm³/mol. The molecule has 114 valence electrons. The number of fused-ring (bicyclic) bond motifs is 1. The smallest absolute Gasteiger partial charge is 0.123 e. The summed E-state index contributed by atoms with van der Waals surface area (Å²) in [7, 11) is 0. The molecule has 1 atom stereocenters. The van der Waals surface area contributed by atoms with Crippen molar-refractivity contribution in [3.8, 4) is 0 Å². The van der Waals surface area contributed by atoms with E-state index in [-0.39, 0.29) is 6.10 Å². The van der Waals surface area contributed by atoms with Gasteiger partial charge in [-0.1, -0.05) is 12.1 Å². The molecular formula is C16H18N4OS. The number of aromatic nitrogens is 3. The van der Waals surface area contributed by atoms with Crippen LogP contribution in [0.1, 0.15) is 22.4 Å². The molecule has 1 aliphatic heterocycles. The van der Waals surface area contributed by atoms with E-state index in [2.05, 4.69) is 43.7 Å². The van der Waals surface area contributed by atoms with Crippen LogP contribution in [-0.4, -0.2) is 39.8 Å². The van der Waals surface area contributed by atoms with Crippen LogP contribution < -0.4 is 0 Å². The molecule has 2 aromatic heterocycles. The standard InChI is InChI=1S/C16H18N4OS/c1-11-10-22-16(18-11)15-9-20(4-5-21-15)8-12-2-3-13-7-17-19-14(13)6-12/h2-3,6-7,10,15H,4-5,8-9H2,1H3,(H,17,19)/t15-/m0/s1. The van der Waals surface area contributed by atoms with E-state index in [0.29, 0.717) is 0 Å². The summed E-state index contributed by atoms with van der Waals surface area (Å²) >= 11 is 1.69. The highest BCUT2D eigenvalue weighted by Gasteiger charge is 2.24. The van der Waals surface area contributed by atoms with E-state index in [4.69, 9.17) is 4.74 Å². The van der Waals surface area contributed by atoms with Crippen LogP contribution in [0.3, 0.4) is 0 Å². The average molecular weight is 314 g/mol. The number of H-pyrrole nitrogens is 1. The first-order valence-corrected chi connectivity index (χ1v) is 8.34. The molecule has 1 N–H and O–H groups in total. The molecule has 0 amide bonds. The number of ether oxygens (including phenoxy) is 1. The van der Waals surface area contributed by atoms with Crippen molar-refractivity contribution in [1.82, 2.24) is 20.1 Å². The van der Waals surface area contributed by atoms with Crippen LogP contribution in [0, 0.1) is 6.92 Å². The normalized spacial score (nSPS) is 19.8. The number of benzene rings is 1. The highest BCUT2D eigenvalue weighted by atomic mass is 32.1. The highest BCUT2D eigenvalue weighted by molar-refractivity contribution is 7.09. The largest absolute Gasteiger partial charge is 0.368 e. The van der Waals surface area contributed by atoms with Gasteiger partial charge in [0.15, 0.2) is 0 Å². The summed E-state index contributed by atoms with van der Waals surface area (Å²) in [6.45, 7) is 5.57. The van der Waals surface area contributed by atoms with Crippen LogP contribution >= 0.6 is 11.3 Å². The molecule has 22 heavy (non-hydrogen) atoms. The van der Waals surface area contributed by atoms with E-state index in [1.165, 1.54) is 5.56 Å². The van der Waals surface area contributed by atoms with E-state index in [0.717, 1.165) is 47.8 Å². The predicted octanol–water partition coefficient (Wildman–Crippen LogP) is 2.90. The molecular weight excluding hydrogens is 296 g/mol. The van der Waals surface area contributed by atoms with Crippen molar-refractivity contribution in [3.63, 3.8) is 0 Å². The quantitative estimate of drug-likeness (QED) is 0.807. The van der Waals surface area contributed by atoms with Gasteiger partial charge in [-0.15, -0.1) is 11.3 Å². The van der Waals surface area contributed by atoms with Crippen LogP contribution in [0.2, 0.25) is 0 Å². The lowest BCUT2D eigenvalue weighted by molar-refractivity contribution is -0.0330. The molecule has 4 rings (SSSR count). The summed E-state index contributed by atoms with van der Waals surface area (Å²) in [6, 6.07) is 6.48. The van der Waals surface area contributed by atoms with Gasteiger partial charge in [-0.25, -0.2) is 4.98 Å². The van der Waals surface area contributed by atoms with E-state index < -0.39 is 0 Å². The van der Waals surface area contributed by atoms with E-state index in [9.17, 15) is 0 Å². The second-order valence-electron chi connectivity index (χ2n) is 5.71. The van der Waals surface area contributed by atoms with Gasteiger partial charge in [-0.05, 0) is 18.6 Å². The van der Waals surface area contributed by atoms with Crippen molar-refractivity contribution in [2.45, 2.75) is 19.6 Å². The van der Waals surface area contributed by atoms with Crippen molar-refractivity contribution in [2.24, 2.45) is 0 Å². The molecule has 5 nitrogen and oxygen atoms in total. The monoisotopic (exact) mass is 314 g/mol. The number of rotatable bonds is 3. The van der Waals surface area contributed by atoms with E-state index in [1.807, 2.05) is 13.1 Å². The molecule has 0 bridgehead atoms. The van der Waals surface area contributed by atoms with Gasteiger partial charge in [-0.2, -0.15) is 5.10 Å². The molecule has 0 radical (unpaired) electrons. The first-order chi connectivity index (χ1) is 10.8. The third kappa shape index (κ3) is 2.77. The number of hydrogen-bond acceptors (Lipinski definition) is 5. The van der Waals surface area contributed by atoms with Gasteiger partial charge in [0, 0.05) is 36.1 Å². The van der Waals surface area contributed by atoms with Gasteiger partial charge in [0.05, 0.1) is 18.3 Å². The van der Waals surface area contributed by atoms with Crippen molar-refractivity contribution >= 4 is 22.2 Å². The van der Waals surface area contributed by atoms with E-state index in [1.54, 1.807) is 11.3 Å². The van der Waals surface area contributed by atoms with Crippen LogP contribution in [-0.2, 0) is 11.3 Å². The van der Waals surface area contributed by atoms with Crippen LogP contribution in [0.25, 0.3) is 10.9 Å². The van der Waals surface area contributed by atoms with Crippen LogP contribution in [0.5, 0.6) is 0 Å². The Morgan fingerprint density at radius 1 is 1.45 bits per heavy atom. The van der Waals surface area contributed by atoms with Gasteiger partial charge < -0.3 is 4.74 Å². The van der Waals surface area contributed by atoms with E-state index >= 15 is 0 Å². The number of aromatic amines is 1. The molecule has 1 aliphatic rings. The zero-order valence-corrected chi connectivity index (χ0v) is 13.3. The summed E-state index contributed by atoms with van der Waals surface area (Å²) in [5, 5.41) is 11.4. The van der Waals surface area contributed by atoms with Gasteiger partial charge in [0.25, 0.3) is 0 Å². The number of nitrogens with one attached hydrogen (secondary N) is 1. The Morgan fingerprint density at radius 2 is 2.41 bits per heavy atom. The lowest BCUT2D eigenvalue weighted by Gasteiger charge is -2.32. The highest BCUT2D eigenvalue weighted by Crippen LogP contribution is 2.26. The maximum Gasteiger partial charge on any atom is 0.123 e. The summed E-state index contributed by atoms with van der Waals surface area (Å²) in [5.74, 6) is 0. The Kier molecular flexibility index (Phi) is 3.65. The number of hydrogen-bond donors (Lipinski definition) is 1. The second kappa shape index (κ2) is 5.79. The number of aryl methyl sites for hydroxylation is 1. The molecule has 1 fully saturated rings. The van der Waals surface area contributed by atoms with Gasteiger partial charge in [-0.3, -0.25) is 10.00 Å². The molecule has 1 aromatic carbocycles. The maximum atomic E-state index is 5.89. The SMILES string of the molecule is Cc1csc([C@@H]2CN(Cc3ccc4cn[nH]c4c3)CCO2)n1. The van der Waals surface area contributed by atoms with Crippen molar-refractivity contribution < 1.29 is 4.74 Å². The lowest BCUT2D eigenvalue weighted by Crippen LogP contribution is -2.37. The van der Waals surface area contributed by atoms with Crippen molar-refractivity contribution in [1.29, 1.82) is 0 Å². The first kappa shape index (κ1) is 13.9.